The van der Waals surface area contributed by atoms with Gasteiger partial charge >= 0.3 is 0 Å². The Morgan fingerprint density at radius 2 is 2.29 bits per heavy atom. The molecule has 4 nitrogen and oxygen atoms in total. The fourth-order valence-corrected chi connectivity index (χ4v) is 2.95. The van der Waals surface area contributed by atoms with E-state index in [-0.39, 0.29) is 12.1 Å². The van der Waals surface area contributed by atoms with Crippen LogP contribution in [0.3, 0.4) is 0 Å². The second kappa shape index (κ2) is 6.93. The number of likely N-dealkylation sites (N-methyl/N-ethyl adjacent to an activating group) is 1. The molecular weight excluding hydrogens is 234 g/mol. The molecule has 0 aliphatic rings. The van der Waals surface area contributed by atoms with Crippen LogP contribution in [0.15, 0.2) is 23.6 Å². The largest absolute Gasteiger partial charge is 0.394 e. The molecule has 1 aromatic rings. The molecule has 0 amide bonds. The van der Waals surface area contributed by atoms with Gasteiger partial charge in [0.2, 0.25) is 0 Å². The summed E-state index contributed by atoms with van der Waals surface area (Å²) in [5.41, 5.74) is -0.219. The minimum Gasteiger partial charge on any atom is -0.394 e. The zero-order valence-electron chi connectivity index (χ0n) is 10.7. The second-order valence-electron chi connectivity index (χ2n) is 4.43. The summed E-state index contributed by atoms with van der Waals surface area (Å²) in [6.45, 7) is 7.25. The molecule has 0 saturated heterocycles. The zero-order valence-corrected chi connectivity index (χ0v) is 11.5. The third kappa shape index (κ3) is 5.02. The number of nitrogens with one attached hydrogen (secondary N) is 1. The number of aromatic nitrogens is 2. The van der Waals surface area contributed by atoms with Crippen molar-refractivity contribution in [2.45, 2.75) is 43.0 Å². The molecule has 0 aliphatic heterocycles. The molecule has 1 heterocycles. The van der Waals surface area contributed by atoms with Crippen LogP contribution in [-0.2, 0) is 0 Å². The van der Waals surface area contributed by atoms with Gasteiger partial charge in [0.05, 0.1) is 12.8 Å². The first kappa shape index (κ1) is 14.4. The number of nitrogens with zero attached hydrogens (tertiary/aromatic N) is 2. The van der Waals surface area contributed by atoms with Crippen molar-refractivity contribution in [1.82, 2.24) is 15.3 Å². The van der Waals surface area contributed by atoms with E-state index in [1.165, 1.54) is 0 Å². The maximum atomic E-state index is 9.43. The fraction of sp³-hybridized carbons (Fsp3) is 0.667. The fourth-order valence-electron chi connectivity index (χ4n) is 1.85. The van der Waals surface area contributed by atoms with Gasteiger partial charge in [0.1, 0.15) is 5.03 Å². The highest BCUT2D eigenvalue weighted by molar-refractivity contribution is 7.99. The summed E-state index contributed by atoms with van der Waals surface area (Å²) < 4.78 is 0. The molecule has 0 bridgehead atoms. The number of thioether (sulfide) groups is 1. The Kier molecular flexibility index (Phi) is 5.88. The van der Waals surface area contributed by atoms with E-state index in [2.05, 4.69) is 22.2 Å². The topological polar surface area (TPSA) is 58.0 Å². The van der Waals surface area contributed by atoms with E-state index < -0.39 is 0 Å². The van der Waals surface area contributed by atoms with E-state index in [9.17, 15) is 5.11 Å². The first-order valence-electron chi connectivity index (χ1n) is 5.88. The van der Waals surface area contributed by atoms with Crippen LogP contribution in [0, 0.1) is 0 Å². The van der Waals surface area contributed by atoms with Gasteiger partial charge < -0.3 is 10.4 Å². The normalized spacial score (nSPS) is 16.5. The third-order valence-electron chi connectivity index (χ3n) is 2.55. The van der Waals surface area contributed by atoms with Crippen molar-refractivity contribution >= 4 is 11.8 Å². The van der Waals surface area contributed by atoms with Crippen LogP contribution in [0.1, 0.15) is 27.2 Å². The maximum absolute atomic E-state index is 9.43. The number of aliphatic hydroxyl groups is 1. The lowest BCUT2D eigenvalue weighted by molar-refractivity contribution is 0.168. The highest BCUT2D eigenvalue weighted by Gasteiger charge is 2.25. The molecule has 2 N–H and O–H groups in total. The van der Waals surface area contributed by atoms with E-state index in [0.29, 0.717) is 5.25 Å². The molecule has 2 unspecified atom stereocenters. The highest BCUT2D eigenvalue weighted by Crippen LogP contribution is 2.26. The summed E-state index contributed by atoms with van der Waals surface area (Å²) in [6, 6.07) is 0. The van der Waals surface area contributed by atoms with Gasteiger partial charge in [-0.25, -0.2) is 4.98 Å². The van der Waals surface area contributed by atoms with Crippen LogP contribution in [0.25, 0.3) is 0 Å². The summed E-state index contributed by atoms with van der Waals surface area (Å²) in [7, 11) is 0. The quantitative estimate of drug-likeness (QED) is 0.726. The van der Waals surface area contributed by atoms with Crippen molar-refractivity contribution in [2.75, 3.05) is 13.2 Å². The molecule has 0 saturated carbocycles. The van der Waals surface area contributed by atoms with Crippen LogP contribution < -0.4 is 5.32 Å². The van der Waals surface area contributed by atoms with Gasteiger partial charge in [0, 0.05) is 23.2 Å². The lowest BCUT2D eigenvalue weighted by atomic mass is 9.97. The monoisotopic (exact) mass is 255 g/mol. The standard InChI is InChI=1S/C12H21N3OS/c1-4-15-12(3,9-16)7-10(2)17-11-8-13-5-6-14-11/h5-6,8,10,15-16H,4,7,9H2,1-3H3. The van der Waals surface area contributed by atoms with Crippen molar-refractivity contribution in [3.05, 3.63) is 18.6 Å². The van der Waals surface area contributed by atoms with Gasteiger partial charge in [-0.1, -0.05) is 13.8 Å². The van der Waals surface area contributed by atoms with Crippen LogP contribution in [-0.4, -0.2) is 39.0 Å². The Labute approximate surface area is 107 Å². The molecule has 17 heavy (non-hydrogen) atoms. The second-order valence-corrected chi connectivity index (χ2v) is 5.88. The van der Waals surface area contributed by atoms with E-state index in [1.54, 1.807) is 30.4 Å². The summed E-state index contributed by atoms with van der Waals surface area (Å²) in [5.74, 6) is 0. The smallest absolute Gasteiger partial charge is 0.115 e. The Morgan fingerprint density at radius 3 is 2.82 bits per heavy atom. The molecule has 0 aromatic carbocycles. The van der Waals surface area contributed by atoms with Crippen LogP contribution in [0.4, 0.5) is 0 Å². The van der Waals surface area contributed by atoms with Gasteiger partial charge in [-0.15, -0.1) is 11.8 Å². The summed E-state index contributed by atoms with van der Waals surface area (Å²) in [5, 5.41) is 14.1. The number of rotatable bonds is 7. The van der Waals surface area contributed by atoms with Gasteiger partial charge in [-0.2, -0.15) is 0 Å². The zero-order chi connectivity index (χ0) is 12.7. The molecular formula is C12H21N3OS. The third-order valence-corrected chi connectivity index (χ3v) is 3.57. The summed E-state index contributed by atoms with van der Waals surface area (Å²) in [4.78, 5) is 8.28. The van der Waals surface area contributed by atoms with Crippen molar-refractivity contribution in [2.24, 2.45) is 0 Å². The summed E-state index contributed by atoms with van der Waals surface area (Å²) >= 11 is 1.69. The Bertz CT molecular complexity index is 323. The van der Waals surface area contributed by atoms with E-state index in [1.807, 2.05) is 13.8 Å². The minimum atomic E-state index is -0.219. The predicted molar refractivity (Wildman–Crippen MR) is 71.1 cm³/mol. The predicted octanol–water partition coefficient (Wildman–Crippen LogP) is 1.71. The van der Waals surface area contributed by atoms with Crippen LogP contribution in [0.2, 0.25) is 0 Å². The van der Waals surface area contributed by atoms with Crippen molar-refractivity contribution in [3.63, 3.8) is 0 Å². The molecule has 96 valence electrons. The molecule has 2 atom stereocenters. The van der Waals surface area contributed by atoms with Gasteiger partial charge in [0.15, 0.2) is 0 Å². The van der Waals surface area contributed by atoms with Gasteiger partial charge in [-0.3, -0.25) is 4.98 Å². The minimum absolute atomic E-state index is 0.145. The molecule has 0 spiro atoms. The number of hydrogen-bond acceptors (Lipinski definition) is 5. The SMILES string of the molecule is CCNC(C)(CO)CC(C)Sc1cnccn1. The van der Waals surface area contributed by atoms with E-state index in [4.69, 9.17) is 0 Å². The van der Waals surface area contributed by atoms with Gasteiger partial charge in [-0.05, 0) is 19.9 Å². The molecule has 0 fully saturated rings. The maximum Gasteiger partial charge on any atom is 0.115 e. The molecule has 0 aliphatic carbocycles. The summed E-state index contributed by atoms with van der Waals surface area (Å²) in [6.07, 6.45) is 6.03. The Balaban J connectivity index is 2.51. The Morgan fingerprint density at radius 1 is 1.53 bits per heavy atom. The average Bonchev–Trinajstić information content (AvgIpc) is 2.30. The van der Waals surface area contributed by atoms with E-state index in [0.717, 1.165) is 18.0 Å². The first-order valence-corrected chi connectivity index (χ1v) is 6.76. The molecule has 1 aromatic heterocycles. The average molecular weight is 255 g/mol. The van der Waals surface area contributed by atoms with Crippen molar-refractivity contribution in [3.8, 4) is 0 Å². The number of hydrogen-bond donors (Lipinski definition) is 2. The van der Waals surface area contributed by atoms with Gasteiger partial charge in [0.25, 0.3) is 0 Å². The molecule has 0 radical (unpaired) electrons. The first-order chi connectivity index (χ1) is 8.09. The van der Waals surface area contributed by atoms with Crippen LogP contribution in [0.5, 0.6) is 0 Å². The Hall–Kier alpha value is -0.650. The lowest BCUT2D eigenvalue weighted by Crippen LogP contribution is -2.47. The highest BCUT2D eigenvalue weighted by atomic mass is 32.2. The van der Waals surface area contributed by atoms with E-state index >= 15 is 0 Å². The lowest BCUT2D eigenvalue weighted by Gasteiger charge is -2.30. The molecule has 5 heteroatoms. The van der Waals surface area contributed by atoms with Crippen molar-refractivity contribution in [1.29, 1.82) is 0 Å². The number of aliphatic hydroxyl groups excluding tert-OH is 1. The molecule has 1 rings (SSSR count). The van der Waals surface area contributed by atoms with Crippen molar-refractivity contribution < 1.29 is 5.11 Å². The van der Waals surface area contributed by atoms with Crippen LogP contribution >= 0.6 is 11.8 Å².